The number of piperidine rings is 1. The summed E-state index contributed by atoms with van der Waals surface area (Å²) in [4.78, 5) is 2.66. The summed E-state index contributed by atoms with van der Waals surface area (Å²) in [6.45, 7) is 8.84. The van der Waals surface area contributed by atoms with Gasteiger partial charge < -0.3 is 0 Å². The molecule has 0 aromatic rings. The third kappa shape index (κ3) is 1.96. The Bertz CT molecular complexity index is 193. The van der Waals surface area contributed by atoms with Gasteiger partial charge in [-0.25, -0.2) is 0 Å². The Labute approximate surface area is 81.8 Å². The van der Waals surface area contributed by atoms with Crippen molar-refractivity contribution >= 4 is 0 Å². The second kappa shape index (κ2) is 3.45. The molecule has 2 rings (SSSR count). The molecule has 0 N–H and O–H groups in total. The molecule has 2 aliphatic rings. The molecule has 13 heavy (non-hydrogen) atoms. The summed E-state index contributed by atoms with van der Waals surface area (Å²) in [6.07, 6.45) is 9.09. The number of nitrogens with zero attached hydrogens (tertiary/aromatic N) is 1. The molecule has 0 amide bonds. The topological polar surface area (TPSA) is 3.24 Å². The van der Waals surface area contributed by atoms with Gasteiger partial charge in [0.15, 0.2) is 0 Å². The summed E-state index contributed by atoms with van der Waals surface area (Å²) in [5, 5.41) is 0. The average Bonchev–Trinajstić information content (AvgIpc) is 2.85. The summed E-state index contributed by atoms with van der Waals surface area (Å²) < 4.78 is 0. The molecule has 1 atom stereocenters. The third-order valence-electron chi connectivity index (χ3n) is 3.78. The molecule has 1 saturated carbocycles. The molecule has 1 aliphatic heterocycles. The Balaban J connectivity index is 1.88. The molecule has 0 aromatic heterocycles. The highest BCUT2D eigenvalue weighted by molar-refractivity contribution is 4.99. The van der Waals surface area contributed by atoms with Crippen molar-refractivity contribution in [3.8, 4) is 0 Å². The van der Waals surface area contributed by atoms with Crippen molar-refractivity contribution in [2.75, 3.05) is 13.1 Å². The van der Waals surface area contributed by atoms with Gasteiger partial charge in [0, 0.05) is 12.6 Å². The van der Waals surface area contributed by atoms with Crippen LogP contribution in [0.3, 0.4) is 0 Å². The molecule has 1 nitrogen and oxygen atoms in total. The fourth-order valence-electron chi connectivity index (χ4n) is 2.60. The predicted molar refractivity (Wildman–Crippen MR) is 56.8 cm³/mol. The van der Waals surface area contributed by atoms with Crippen LogP contribution in [0.2, 0.25) is 0 Å². The minimum Gasteiger partial charge on any atom is -0.300 e. The lowest BCUT2D eigenvalue weighted by Gasteiger charge is -2.36. The van der Waals surface area contributed by atoms with E-state index < -0.39 is 0 Å². The summed E-state index contributed by atoms with van der Waals surface area (Å²) in [5.41, 5.74) is 0.772. The van der Waals surface area contributed by atoms with Crippen LogP contribution in [0.5, 0.6) is 0 Å². The Morgan fingerprint density at radius 2 is 2.23 bits per heavy atom. The molecule has 0 unspecified atom stereocenters. The van der Waals surface area contributed by atoms with E-state index in [1.54, 1.807) is 0 Å². The predicted octanol–water partition coefficient (Wildman–Crippen LogP) is 2.83. The Kier molecular flexibility index (Phi) is 2.46. The molecule has 2 fully saturated rings. The van der Waals surface area contributed by atoms with Crippen molar-refractivity contribution in [2.24, 2.45) is 5.41 Å². The monoisotopic (exact) mass is 179 g/mol. The lowest BCUT2D eigenvalue weighted by atomic mass is 9.93. The van der Waals surface area contributed by atoms with Gasteiger partial charge in [-0.15, -0.1) is 6.58 Å². The molecule has 74 valence electrons. The minimum absolute atomic E-state index is 0.718. The van der Waals surface area contributed by atoms with Gasteiger partial charge in [-0.1, -0.05) is 6.08 Å². The van der Waals surface area contributed by atoms with Crippen LogP contribution in [-0.2, 0) is 0 Å². The Morgan fingerprint density at radius 1 is 1.46 bits per heavy atom. The quantitative estimate of drug-likeness (QED) is 0.602. The Morgan fingerprint density at radius 3 is 2.85 bits per heavy atom. The molecule has 1 aliphatic carbocycles. The molecule has 1 heterocycles. The maximum Gasteiger partial charge on any atom is 0.0102 e. The van der Waals surface area contributed by atoms with Crippen LogP contribution in [0, 0.1) is 5.41 Å². The molecule has 1 heteroatoms. The first-order chi connectivity index (χ1) is 6.26. The van der Waals surface area contributed by atoms with E-state index in [1.807, 2.05) is 0 Å². The first-order valence-corrected chi connectivity index (χ1v) is 5.61. The molecular formula is C12H21N. The molecule has 1 spiro atoms. The zero-order valence-corrected chi connectivity index (χ0v) is 8.76. The van der Waals surface area contributed by atoms with Crippen LogP contribution in [0.25, 0.3) is 0 Å². The molecular weight excluding hydrogens is 158 g/mol. The van der Waals surface area contributed by atoms with E-state index in [-0.39, 0.29) is 0 Å². The van der Waals surface area contributed by atoms with Crippen molar-refractivity contribution in [2.45, 2.75) is 45.1 Å². The minimum atomic E-state index is 0.718. The van der Waals surface area contributed by atoms with Crippen LogP contribution in [0.1, 0.15) is 39.0 Å². The van der Waals surface area contributed by atoms with Gasteiger partial charge in [-0.05, 0) is 51.0 Å². The average molecular weight is 179 g/mol. The van der Waals surface area contributed by atoms with E-state index in [2.05, 4.69) is 24.5 Å². The first-order valence-electron chi connectivity index (χ1n) is 5.61. The van der Waals surface area contributed by atoms with Gasteiger partial charge in [0.25, 0.3) is 0 Å². The van der Waals surface area contributed by atoms with E-state index in [0.717, 1.165) is 17.9 Å². The number of hydrogen-bond acceptors (Lipinski definition) is 1. The van der Waals surface area contributed by atoms with Gasteiger partial charge in [-0.3, -0.25) is 4.90 Å². The van der Waals surface area contributed by atoms with Crippen molar-refractivity contribution in [3.05, 3.63) is 12.7 Å². The normalized spacial score (nSPS) is 28.7. The van der Waals surface area contributed by atoms with E-state index in [0.29, 0.717) is 0 Å². The van der Waals surface area contributed by atoms with E-state index in [9.17, 15) is 0 Å². The van der Waals surface area contributed by atoms with Crippen molar-refractivity contribution < 1.29 is 0 Å². The summed E-state index contributed by atoms with van der Waals surface area (Å²) in [6, 6.07) is 0.718. The summed E-state index contributed by atoms with van der Waals surface area (Å²) in [5.74, 6) is 0. The molecule has 0 bridgehead atoms. The van der Waals surface area contributed by atoms with Gasteiger partial charge in [0.1, 0.15) is 0 Å². The van der Waals surface area contributed by atoms with Crippen LogP contribution in [-0.4, -0.2) is 24.0 Å². The van der Waals surface area contributed by atoms with Gasteiger partial charge in [0.05, 0.1) is 0 Å². The highest BCUT2D eigenvalue weighted by atomic mass is 15.2. The van der Waals surface area contributed by atoms with E-state index in [4.69, 9.17) is 0 Å². The second-order valence-electron chi connectivity index (χ2n) is 4.95. The number of rotatable bonds is 3. The fourth-order valence-corrected chi connectivity index (χ4v) is 2.60. The smallest absolute Gasteiger partial charge is 0.0102 e. The summed E-state index contributed by atoms with van der Waals surface area (Å²) >= 11 is 0. The summed E-state index contributed by atoms with van der Waals surface area (Å²) in [7, 11) is 0. The van der Waals surface area contributed by atoms with Gasteiger partial charge in [0.2, 0.25) is 0 Å². The first kappa shape index (κ1) is 9.26. The highest BCUT2D eigenvalue weighted by Gasteiger charge is 2.45. The van der Waals surface area contributed by atoms with Crippen molar-refractivity contribution in [3.63, 3.8) is 0 Å². The largest absolute Gasteiger partial charge is 0.300 e. The van der Waals surface area contributed by atoms with Crippen LogP contribution >= 0.6 is 0 Å². The lowest BCUT2D eigenvalue weighted by Crippen LogP contribution is -2.41. The zero-order valence-electron chi connectivity index (χ0n) is 8.76. The SMILES string of the molecule is C=CC[C@H](C)N1CCCC2(CC2)C1. The third-order valence-corrected chi connectivity index (χ3v) is 3.78. The van der Waals surface area contributed by atoms with Gasteiger partial charge >= 0.3 is 0 Å². The molecule has 1 saturated heterocycles. The maximum atomic E-state index is 3.82. The standard InChI is InChI=1S/C12H21N/c1-3-5-11(2)13-9-4-6-12(10-13)7-8-12/h3,11H,1,4-10H2,2H3/t11-/m0/s1. The Hall–Kier alpha value is -0.300. The maximum absolute atomic E-state index is 3.82. The fraction of sp³-hybridized carbons (Fsp3) is 0.833. The zero-order chi connectivity index (χ0) is 9.31. The number of likely N-dealkylation sites (tertiary alicyclic amines) is 1. The van der Waals surface area contributed by atoms with Gasteiger partial charge in [-0.2, -0.15) is 0 Å². The van der Waals surface area contributed by atoms with Crippen LogP contribution in [0.4, 0.5) is 0 Å². The van der Waals surface area contributed by atoms with Crippen molar-refractivity contribution in [1.82, 2.24) is 4.90 Å². The van der Waals surface area contributed by atoms with Crippen LogP contribution < -0.4 is 0 Å². The molecule has 0 radical (unpaired) electrons. The second-order valence-corrected chi connectivity index (χ2v) is 4.95. The lowest BCUT2D eigenvalue weighted by molar-refractivity contribution is 0.121. The van der Waals surface area contributed by atoms with Crippen LogP contribution in [0.15, 0.2) is 12.7 Å². The number of hydrogen-bond donors (Lipinski definition) is 0. The molecule has 0 aromatic carbocycles. The van der Waals surface area contributed by atoms with E-state index in [1.165, 1.54) is 38.8 Å². The van der Waals surface area contributed by atoms with Crippen molar-refractivity contribution in [1.29, 1.82) is 0 Å². The highest BCUT2D eigenvalue weighted by Crippen LogP contribution is 2.52. The van der Waals surface area contributed by atoms with E-state index >= 15 is 0 Å².